The Morgan fingerprint density at radius 2 is 1.93 bits per heavy atom. The SMILES string of the molecule is CCOC(=O)c1ccnc(Oc2ccc(-n3cc(C#N)c(N)c3C(=O)OC)cc2)c1. The minimum atomic E-state index is -0.658. The van der Waals surface area contributed by atoms with Crippen molar-refractivity contribution < 1.29 is 23.8 Å². The zero-order chi connectivity index (χ0) is 21.7. The van der Waals surface area contributed by atoms with Crippen LogP contribution in [0.25, 0.3) is 5.69 Å². The van der Waals surface area contributed by atoms with Crippen LogP contribution in [0.15, 0.2) is 48.8 Å². The Labute approximate surface area is 172 Å². The van der Waals surface area contributed by atoms with E-state index in [0.29, 0.717) is 17.0 Å². The maximum atomic E-state index is 12.1. The van der Waals surface area contributed by atoms with Crippen LogP contribution >= 0.6 is 0 Å². The van der Waals surface area contributed by atoms with Crippen molar-refractivity contribution >= 4 is 17.6 Å². The van der Waals surface area contributed by atoms with E-state index in [2.05, 4.69) is 4.98 Å². The Morgan fingerprint density at radius 3 is 2.57 bits per heavy atom. The molecule has 0 saturated heterocycles. The molecule has 3 rings (SSSR count). The molecular weight excluding hydrogens is 388 g/mol. The molecule has 2 N–H and O–H groups in total. The number of methoxy groups -OCH3 is 1. The first-order chi connectivity index (χ1) is 14.5. The van der Waals surface area contributed by atoms with Gasteiger partial charge in [-0.1, -0.05) is 0 Å². The maximum Gasteiger partial charge on any atom is 0.357 e. The number of pyridine rings is 1. The largest absolute Gasteiger partial charge is 0.464 e. The van der Waals surface area contributed by atoms with Gasteiger partial charge in [0.1, 0.15) is 11.8 Å². The second-order valence-corrected chi connectivity index (χ2v) is 5.98. The molecule has 9 nitrogen and oxygen atoms in total. The van der Waals surface area contributed by atoms with Crippen molar-refractivity contribution in [2.75, 3.05) is 19.5 Å². The van der Waals surface area contributed by atoms with Crippen LogP contribution in [-0.4, -0.2) is 35.2 Å². The first kappa shape index (κ1) is 20.4. The van der Waals surface area contributed by atoms with Gasteiger partial charge >= 0.3 is 11.9 Å². The Hall–Kier alpha value is -4.32. The maximum absolute atomic E-state index is 12.1. The van der Waals surface area contributed by atoms with Gasteiger partial charge in [-0.25, -0.2) is 14.6 Å². The number of anilines is 1. The van der Waals surface area contributed by atoms with Crippen LogP contribution in [0.1, 0.15) is 33.3 Å². The summed E-state index contributed by atoms with van der Waals surface area (Å²) in [6.07, 6.45) is 2.91. The topological polar surface area (TPSA) is 129 Å². The van der Waals surface area contributed by atoms with Gasteiger partial charge in [-0.15, -0.1) is 0 Å². The molecule has 0 amide bonds. The van der Waals surface area contributed by atoms with Crippen molar-refractivity contribution in [3.8, 4) is 23.4 Å². The zero-order valence-corrected chi connectivity index (χ0v) is 16.3. The number of esters is 2. The molecule has 0 radical (unpaired) electrons. The van der Waals surface area contributed by atoms with Crippen LogP contribution in [0.5, 0.6) is 11.6 Å². The number of carbonyl (C=O) groups excluding carboxylic acids is 2. The molecule has 30 heavy (non-hydrogen) atoms. The number of hydrogen-bond acceptors (Lipinski definition) is 8. The van der Waals surface area contributed by atoms with E-state index in [4.69, 9.17) is 19.9 Å². The summed E-state index contributed by atoms with van der Waals surface area (Å²) in [5.74, 6) is -0.448. The molecule has 0 unspecified atom stereocenters. The van der Waals surface area contributed by atoms with Crippen LogP contribution in [0.3, 0.4) is 0 Å². The second kappa shape index (κ2) is 8.79. The zero-order valence-electron chi connectivity index (χ0n) is 16.3. The summed E-state index contributed by atoms with van der Waals surface area (Å²) in [7, 11) is 1.24. The Bertz CT molecular complexity index is 1130. The molecule has 3 aromatic rings. The van der Waals surface area contributed by atoms with Crippen molar-refractivity contribution in [2.24, 2.45) is 0 Å². The van der Waals surface area contributed by atoms with Gasteiger partial charge in [0, 0.05) is 24.1 Å². The number of nitrogen functional groups attached to an aromatic ring is 1. The lowest BCUT2D eigenvalue weighted by Crippen LogP contribution is -2.11. The molecular formula is C21H18N4O5. The van der Waals surface area contributed by atoms with Crippen molar-refractivity contribution in [2.45, 2.75) is 6.92 Å². The number of rotatable bonds is 6. The first-order valence-electron chi connectivity index (χ1n) is 8.89. The highest BCUT2D eigenvalue weighted by Crippen LogP contribution is 2.27. The Morgan fingerprint density at radius 1 is 1.20 bits per heavy atom. The fourth-order valence-electron chi connectivity index (χ4n) is 2.72. The van der Waals surface area contributed by atoms with E-state index in [9.17, 15) is 14.9 Å². The molecule has 152 valence electrons. The smallest absolute Gasteiger partial charge is 0.357 e. The minimum Gasteiger partial charge on any atom is -0.464 e. The van der Waals surface area contributed by atoms with Gasteiger partial charge in [0.15, 0.2) is 5.69 Å². The van der Waals surface area contributed by atoms with Gasteiger partial charge < -0.3 is 24.5 Å². The number of nitrogens with zero attached hydrogens (tertiary/aromatic N) is 3. The number of benzene rings is 1. The molecule has 2 heterocycles. The van der Waals surface area contributed by atoms with E-state index >= 15 is 0 Å². The Kier molecular flexibility index (Phi) is 5.98. The van der Waals surface area contributed by atoms with Gasteiger partial charge in [-0.2, -0.15) is 5.26 Å². The molecule has 0 fully saturated rings. The highest BCUT2D eigenvalue weighted by atomic mass is 16.5. The summed E-state index contributed by atoms with van der Waals surface area (Å²) in [5.41, 5.74) is 7.08. The fraction of sp³-hybridized carbons (Fsp3) is 0.143. The standard InChI is InChI=1S/C21H18N4O5/c1-3-29-20(26)13-8-9-24-17(10-13)30-16-6-4-15(5-7-16)25-12-14(11-22)18(23)19(25)21(27)28-2/h4-10,12H,3,23H2,1-2H3. The number of carbonyl (C=O) groups is 2. The van der Waals surface area contributed by atoms with Crippen molar-refractivity contribution in [3.63, 3.8) is 0 Å². The summed E-state index contributed by atoms with van der Waals surface area (Å²) in [6, 6.07) is 11.6. The first-order valence-corrected chi connectivity index (χ1v) is 8.89. The number of hydrogen-bond donors (Lipinski definition) is 1. The van der Waals surface area contributed by atoms with Crippen LogP contribution in [-0.2, 0) is 9.47 Å². The molecule has 0 aliphatic heterocycles. The van der Waals surface area contributed by atoms with Gasteiger partial charge in [-0.05, 0) is 37.3 Å². The number of nitrogens with two attached hydrogens (primary N) is 1. The molecule has 0 aliphatic carbocycles. The van der Waals surface area contributed by atoms with Crippen molar-refractivity contribution in [3.05, 3.63) is 65.6 Å². The van der Waals surface area contributed by atoms with Gasteiger partial charge in [0.2, 0.25) is 5.88 Å². The highest BCUT2D eigenvalue weighted by Gasteiger charge is 2.21. The normalized spacial score (nSPS) is 10.2. The molecule has 0 aliphatic rings. The van der Waals surface area contributed by atoms with Crippen LogP contribution in [0.2, 0.25) is 0 Å². The minimum absolute atomic E-state index is 0.0460. The van der Waals surface area contributed by atoms with Gasteiger partial charge in [0.25, 0.3) is 0 Å². The molecule has 0 spiro atoms. The summed E-state index contributed by atoms with van der Waals surface area (Å²) >= 11 is 0. The number of ether oxygens (including phenoxy) is 3. The van der Waals surface area contributed by atoms with E-state index in [1.165, 1.54) is 36.2 Å². The third-order valence-electron chi connectivity index (χ3n) is 4.13. The molecule has 9 heteroatoms. The summed E-state index contributed by atoms with van der Waals surface area (Å²) in [4.78, 5) is 28.0. The molecule has 1 aromatic carbocycles. The number of aromatic nitrogens is 2. The molecule has 2 aromatic heterocycles. The molecule has 0 atom stereocenters. The van der Waals surface area contributed by atoms with E-state index in [1.807, 2.05) is 6.07 Å². The van der Waals surface area contributed by atoms with Crippen molar-refractivity contribution in [1.29, 1.82) is 5.26 Å². The summed E-state index contributed by atoms with van der Waals surface area (Å²) < 4.78 is 16.9. The van der Waals surface area contributed by atoms with E-state index in [1.54, 1.807) is 31.2 Å². The van der Waals surface area contributed by atoms with Crippen LogP contribution in [0.4, 0.5) is 5.69 Å². The van der Waals surface area contributed by atoms with Crippen molar-refractivity contribution in [1.82, 2.24) is 9.55 Å². The Balaban J connectivity index is 1.87. The lowest BCUT2D eigenvalue weighted by atomic mass is 10.2. The summed E-state index contributed by atoms with van der Waals surface area (Å²) in [5, 5.41) is 9.21. The van der Waals surface area contributed by atoms with Crippen LogP contribution in [0, 0.1) is 11.3 Å². The van der Waals surface area contributed by atoms with E-state index in [0.717, 1.165) is 0 Å². The highest BCUT2D eigenvalue weighted by molar-refractivity contribution is 5.96. The van der Waals surface area contributed by atoms with Crippen LogP contribution < -0.4 is 10.5 Å². The fourth-order valence-corrected chi connectivity index (χ4v) is 2.72. The van der Waals surface area contributed by atoms with E-state index in [-0.39, 0.29) is 29.4 Å². The average Bonchev–Trinajstić information content (AvgIpc) is 3.10. The van der Waals surface area contributed by atoms with Gasteiger partial charge in [-0.3, -0.25) is 0 Å². The predicted molar refractivity (Wildman–Crippen MR) is 107 cm³/mol. The monoisotopic (exact) mass is 406 g/mol. The lowest BCUT2D eigenvalue weighted by Gasteiger charge is -2.10. The quantitative estimate of drug-likeness (QED) is 0.618. The molecule has 0 bridgehead atoms. The average molecular weight is 406 g/mol. The summed E-state index contributed by atoms with van der Waals surface area (Å²) in [6.45, 7) is 1.99. The molecule has 0 saturated carbocycles. The number of nitriles is 1. The third-order valence-corrected chi connectivity index (χ3v) is 4.13. The third kappa shape index (κ3) is 4.07. The lowest BCUT2D eigenvalue weighted by molar-refractivity contribution is 0.0524. The predicted octanol–water partition coefficient (Wildman–Crippen LogP) is 3.08. The van der Waals surface area contributed by atoms with E-state index < -0.39 is 11.9 Å². The second-order valence-electron chi connectivity index (χ2n) is 5.98. The van der Waals surface area contributed by atoms with Gasteiger partial charge in [0.05, 0.1) is 30.5 Å².